The van der Waals surface area contributed by atoms with Crippen LogP contribution in [0.1, 0.15) is 29.1 Å². The minimum atomic E-state index is -0.138. The molecule has 0 fully saturated rings. The topological polar surface area (TPSA) is 45.2 Å². The molecule has 0 aliphatic rings. The largest absolute Gasteiger partial charge is 0.299 e. The second kappa shape index (κ2) is 9.26. The Bertz CT molecular complexity index is 890. The SMILES string of the molecule is CCN(CC)Cc1sc(NC(=O)c2ccccc2)nc1-c1ccc(Br)cc1. The number of anilines is 1. The Morgan fingerprint density at radius 2 is 1.74 bits per heavy atom. The molecule has 0 radical (unpaired) electrons. The lowest BCUT2D eigenvalue weighted by Gasteiger charge is -2.17. The van der Waals surface area contributed by atoms with E-state index in [0.717, 1.165) is 40.2 Å². The first-order valence-corrected chi connectivity index (χ1v) is 10.6. The van der Waals surface area contributed by atoms with Crippen LogP contribution >= 0.6 is 27.3 Å². The maximum absolute atomic E-state index is 12.5. The third-order valence-electron chi connectivity index (χ3n) is 4.33. The Balaban J connectivity index is 1.91. The maximum atomic E-state index is 12.5. The highest BCUT2D eigenvalue weighted by atomic mass is 79.9. The third kappa shape index (κ3) is 5.03. The van der Waals surface area contributed by atoms with E-state index < -0.39 is 0 Å². The molecule has 1 N–H and O–H groups in total. The standard InChI is InChI=1S/C21H22BrN3OS/c1-3-25(4-2)14-18-19(15-10-12-17(22)13-11-15)23-21(27-18)24-20(26)16-8-6-5-7-9-16/h5-13H,3-4,14H2,1-2H3,(H,23,24,26). The van der Waals surface area contributed by atoms with Crippen LogP contribution in [0.4, 0.5) is 5.13 Å². The van der Waals surface area contributed by atoms with Crippen molar-refractivity contribution in [3.8, 4) is 11.3 Å². The molecule has 0 bridgehead atoms. The van der Waals surface area contributed by atoms with E-state index >= 15 is 0 Å². The van der Waals surface area contributed by atoms with Crippen LogP contribution in [-0.2, 0) is 6.54 Å². The lowest BCUT2D eigenvalue weighted by atomic mass is 10.1. The number of carbonyl (C=O) groups is 1. The number of thiazole rings is 1. The minimum Gasteiger partial charge on any atom is -0.299 e. The Hall–Kier alpha value is -2.02. The van der Waals surface area contributed by atoms with E-state index in [2.05, 4.69) is 40.0 Å². The van der Waals surface area contributed by atoms with Gasteiger partial charge in [0.25, 0.3) is 5.91 Å². The van der Waals surface area contributed by atoms with Crippen LogP contribution in [0.5, 0.6) is 0 Å². The van der Waals surface area contributed by atoms with E-state index in [9.17, 15) is 4.79 Å². The summed E-state index contributed by atoms with van der Waals surface area (Å²) in [4.78, 5) is 20.7. The normalized spacial score (nSPS) is 11.0. The van der Waals surface area contributed by atoms with Crippen molar-refractivity contribution in [2.24, 2.45) is 0 Å². The molecule has 1 amide bonds. The van der Waals surface area contributed by atoms with Crippen molar-refractivity contribution in [1.82, 2.24) is 9.88 Å². The summed E-state index contributed by atoms with van der Waals surface area (Å²) in [5.41, 5.74) is 2.61. The smallest absolute Gasteiger partial charge is 0.257 e. The molecule has 1 aromatic heterocycles. The lowest BCUT2D eigenvalue weighted by Crippen LogP contribution is -2.21. The number of hydrogen-bond donors (Lipinski definition) is 1. The van der Waals surface area contributed by atoms with Gasteiger partial charge in [-0.05, 0) is 37.4 Å². The average molecular weight is 444 g/mol. The van der Waals surface area contributed by atoms with Gasteiger partial charge in [0, 0.05) is 27.0 Å². The van der Waals surface area contributed by atoms with Gasteiger partial charge in [0.15, 0.2) is 5.13 Å². The van der Waals surface area contributed by atoms with Crippen LogP contribution < -0.4 is 5.32 Å². The summed E-state index contributed by atoms with van der Waals surface area (Å²) in [6, 6.07) is 17.3. The molecule has 140 valence electrons. The summed E-state index contributed by atoms with van der Waals surface area (Å²) >= 11 is 5.02. The van der Waals surface area contributed by atoms with Crippen LogP contribution in [0.25, 0.3) is 11.3 Å². The second-order valence-electron chi connectivity index (χ2n) is 6.08. The number of aromatic nitrogens is 1. The zero-order valence-electron chi connectivity index (χ0n) is 15.4. The van der Waals surface area contributed by atoms with Crippen molar-refractivity contribution < 1.29 is 4.79 Å². The van der Waals surface area contributed by atoms with Gasteiger partial charge in [0.05, 0.1) is 5.69 Å². The number of hydrogen-bond acceptors (Lipinski definition) is 4. The molecule has 0 aliphatic carbocycles. The van der Waals surface area contributed by atoms with Gasteiger partial charge in [-0.2, -0.15) is 0 Å². The summed E-state index contributed by atoms with van der Waals surface area (Å²) in [6.45, 7) is 7.07. The number of benzene rings is 2. The Morgan fingerprint density at radius 1 is 1.07 bits per heavy atom. The fourth-order valence-corrected chi connectivity index (χ4v) is 4.04. The Kier molecular flexibility index (Phi) is 6.77. The first-order valence-electron chi connectivity index (χ1n) is 8.95. The van der Waals surface area contributed by atoms with Gasteiger partial charge in [-0.25, -0.2) is 4.98 Å². The Labute approximate surface area is 172 Å². The molecular formula is C21H22BrN3OS. The highest BCUT2D eigenvalue weighted by Crippen LogP contribution is 2.33. The molecule has 0 saturated heterocycles. The number of halogens is 1. The molecule has 3 rings (SSSR count). The van der Waals surface area contributed by atoms with Crippen molar-refractivity contribution in [1.29, 1.82) is 0 Å². The first-order chi connectivity index (χ1) is 13.1. The highest BCUT2D eigenvalue weighted by Gasteiger charge is 2.17. The third-order valence-corrected chi connectivity index (χ3v) is 5.82. The van der Waals surface area contributed by atoms with Gasteiger partial charge in [-0.1, -0.05) is 71.4 Å². The van der Waals surface area contributed by atoms with Crippen molar-refractivity contribution >= 4 is 38.3 Å². The van der Waals surface area contributed by atoms with Crippen LogP contribution in [0, 0.1) is 0 Å². The predicted molar refractivity (Wildman–Crippen MR) is 116 cm³/mol. The number of rotatable bonds is 7. The van der Waals surface area contributed by atoms with E-state index in [1.54, 1.807) is 23.5 Å². The van der Waals surface area contributed by atoms with Gasteiger partial charge < -0.3 is 0 Å². The minimum absolute atomic E-state index is 0.138. The van der Waals surface area contributed by atoms with Gasteiger partial charge in [0.1, 0.15) is 0 Å². The molecule has 0 atom stereocenters. The maximum Gasteiger partial charge on any atom is 0.257 e. The van der Waals surface area contributed by atoms with Crippen LogP contribution in [0.2, 0.25) is 0 Å². The Morgan fingerprint density at radius 3 is 2.37 bits per heavy atom. The summed E-state index contributed by atoms with van der Waals surface area (Å²) in [7, 11) is 0. The fourth-order valence-electron chi connectivity index (χ4n) is 2.75. The van der Waals surface area contributed by atoms with Crippen LogP contribution in [-0.4, -0.2) is 28.9 Å². The van der Waals surface area contributed by atoms with Crippen molar-refractivity contribution in [3.63, 3.8) is 0 Å². The van der Waals surface area contributed by atoms with Crippen LogP contribution in [0.15, 0.2) is 59.1 Å². The number of nitrogens with zero attached hydrogens (tertiary/aromatic N) is 2. The van der Waals surface area contributed by atoms with Crippen molar-refractivity contribution in [2.75, 3.05) is 18.4 Å². The predicted octanol–water partition coefficient (Wildman–Crippen LogP) is 5.67. The second-order valence-corrected chi connectivity index (χ2v) is 8.08. The molecule has 0 unspecified atom stereocenters. The van der Waals surface area contributed by atoms with Gasteiger partial charge in [-0.3, -0.25) is 15.0 Å². The highest BCUT2D eigenvalue weighted by molar-refractivity contribution is 9.10. The van der Waals surface area contributed by atoms with Gasteiger partial charge in [-0.15, -0.1) is 0 Å². The monoisotopic (exact) mass is 443 g/mol. The molecule has 4 nitrogen and oxygen atoms in total. The molecular weight excluding hydrogens is 422 g/mol. The number of nitrogens with one attached hydrogen (secondary N) is 1. The molecule has 2 aromatic carbocycles. The summed E-state index contributed by atoms with van der Waals surface area (Å²) in [5.74, 6) is -0.138. The summed E-state index contributed by atoms with van der Waals surface area (Å²) in [5, 5.41) is 3.58. The van der Waals surface area contributed by atoms with E-state index in [-0.39, 0.29) is 5.91 Å². The summed E-state index contributed by atoms with van der Waals surface area (Å²) in [6.07, 6.45) is 0. The van der Waals surface area contributed by atoms with E-state index in [0.29, 0.717) is 10.7 Å². The number of carbonyl (C=O) groups excluding carboxylic acids is 1. The van der Waals surface area contributed by atoms with Gasteiger partial charge in [0.2, 0.25) is 0 Å². The first kappa shape index (κ1) is 19.7. The van der Waals surface area contributed by atoms with Gasteiger partial charge >= 0.3 is 0 Å². The fraction of sp³-hybridized carbons (Fsp3) is 0.238. The quantitative estimate of drug-likeness (QED) is 0.511. The molecule has 0 saturated carbocycles. The van der Waals surface area contributed by atoms with E-state index in [1.165, 1.54) is 0 Å². The van der Waals surface area contributed by atoms with E-state index in [1.807, 2.05) is 42.5 Å². The number of amides is 1. The molecule has 27 heavy (non-hydrogen) atoms. The average Bonchev–Trinajstić information content (AvgIpc) is 3.09. The van der Waals surface area contributed by atoms with Crippen molar-refractivity contribution in [2.45, 2.75) is 20.4 Å². The molecule has 0 spiro atoms. The molecule has 6 heteroatoms. The van der Waals surface area contributed by atoms with E-state index in [4.69, 9.17) is 4.98 Å². The zero-order valence-corrected chi connectivity index (χ0v) is 17.8. The lowest BCUT2D eigenvalue weighted by molar-refractivity contribution is 0.102. The molecule has 3 aromatic rings. The molecule has 1 heterocycles. The summed E-state index contributed by atoms with van der Waals surface area (Å²) < 4.78 is 1.03. The van der Waals surface area contributed by atoms with Crippen molar-refractivity contribution in [3.05, 3.63) is 69.5 Å². The molecule has 0 aliphatic heterocycles. The zero-order chi connectivity index (χ0) is 19.2. The van der Waals surface area contributed by atoms with Crippen LogP contribution in [0.3, 0.4) is 0 Å².